The van der Waals surface area contributed by atoms with E-state index in [0.29, 0.717) is 6.42 Å². The lowest BCUT2D eigenvalue weighted by Crippen LogP contribution is -2.46. The lowest BCUT2D eigenvalue weighted by molar-refractivity contribution is -0.116. The molecule has 0 atom stereocenters. The van der Waals surface area contributed by atoms with Gasteiger partial charge in [0.15, 0.2) is 0 Å². The first-order chi connectivity index (χ1) is 14.8. The van der Waals surface area contributed by atoms with Crippen LogP contribution in [0.25, 0.3) is 0 Å². The number of ether oxygens (including phenoxy) is 1. The molecule has 0 bridgehead atoms. The summed E-state index contributed by atoms with van der Waals surface area (Å²) in [6.07, 6.45) is 6.19. The Morgan fingerprint density at radius 1 is 0.867 bits per heavy atom. The number of benzene rings is 2. The number of aryl methyl sites for hydroxylation is 1. The second kappa shape index (κ2) is 10.5. The third-order valence-corrected chi connectivity index (χ3v) is 6.11. The van der Waals surface area contributed by atoms with Crippen molar-refractivity contribution in [2.75, 3.05) is 49.5 Å². The first-order valence-electron chi connectivity index (χ1n) is 11.4. The van der Waals surface area contributed by atoms with Crippen LogP contribution < -0.4 is 15.0 Å². The van der Waals surface area contributed by atoms with E-state index in [1.807, 2.05) is 12.1 Å². The number of nitrogens with zero attached hydrogens (tertiary/aromatic N) is 2. The number of nitrogens with one attached hydrogen (secondary N) is 1. The molecule has 2 aromatic carbocycles. The molecule has 1 N–H and O–H groups in total. The Labute approximate surface area is 180 Å². The first kappa shape index (κ1) is 20.7. The highest BCUT2D eigenvalue weighted by atomic mass is 16.5. The largest absolute Gasteiger partial charge is 0.494 e. The molecule has 0 saturated carbocycles. The zero-order valence-corrected chi connectivity index (χ0v) is 17.8. The van der Waals surface area contributed by atoms with Gasteiger partial charge in [-0.15, -0.1) is 0 Å². The summed E-state index contributed by atoms with van der Waals surface area (Å²) in [5.74, 6) is 0.952. The van der Waals surface area contributed by atoms with Crippen LogP contribution in [-0.2, 0) is 11.2 Å². The molecular weight excluding hydrogens is 374 g/mol. The van der Waals surface area contributed by atoms with Crippen molar-refractivity contribution in [3.8, 4) is 5.75 Å². The van der Waals surface area contributed by atoms with Crippen LogP contribution >= 0.6 is 0 Å². The van der Waals surface area contributed by atoms with Gasteiger partial charge in [-0.2, -0.15) is 0 Å². The summed E-state index contributed by atoms with van der Waals surface area (Å²) in [5, 5.41) is 2.94. The number of carbonyl (C=O) groups excluding carboxylic acids is 1. The second-order valence-electron chi connectivity index (χ2n) is 8.29. The van der Waals surface area contributed by atoms with Gasteiger partial charge in [-0.25, -0.2) is 0 Å². The number of amides is 1. The summed E-state index contributed by atoms with van der Waals surface area (Å²) in [7, 11) is 0. The first-order valence-corrected chi connectivity index (χ1v) is 11.4. The van der Waals surface area contributed by atoms with E-state index in [4.69, 9.17) is 4.74 Å². The number of hydrogen-bond donors (Lipinski definition) is 1. The Hall–Kier alpha value is -2.53. The smallest absolute Gasteiger partial charge is 0.224 e. The van der Waals surface area contributed by atoms with Crippen molar-refractivity contribution in [2.24, 2.45) is 0 Å². The third-order valence-electron chi connectivity index (χ3n) is 6.11. The molecule has 4 rings (SSSR count). The van der Waals surface area contributed by atoms with Crippen molar-refractivity contribution in [1.29, 1.82) is 0 Å². The van der Waals surface area contributed by atoms with Crippen LogP contribution in [0.1, 0.15) is 37.7 Å². The topological polar surface area (TPSA) is 44.8 Å². The Balaban J connectivity index is 1.06. The molecule has 1 saturated heterocycles. The fourth-order valence-electron chi connectivity index (χ4n) is 4.29. The maximum absolute atomic E-state index is 11.5. The van der Waals surface area contributed by atoms with E-state index in [-0.39, 0.29) is 5.91 Å². The SMILES string of the molecule is O=C1CCc2ccc(OCCCCCCN3CCN(c4ccccc4)CC3)cc2N1. The summed E-state index contributed by atoms with van der Waals surface area (Å²) in [4.78, 5) is 16.6. The molecule has 0 aromatic heterocycles. The molecule has 2 aromatic rings. The van der Waals surface area contributed by atoms with Crippen LogP contribution in [0.4, 0.5) is 11.4 Å². The predicted octanol–water partition coefficient (Wildman–Crippen LogP) is 4.33. The van der Waals surface area contributed by atoms with Gasteiger partial charge in [-0.05, 0) is 49.6 Å². The molecule has 5 nitrogen and oxygen atoms in total. The van der Waals surface area contributed by atoms with Crippen LogP contribution in [0, 0.1) is 0 Å². The number of carbonyl (C=O) groups is 1. The molecule has 1 fully saturated rings. The molecule has 0 spiro atoms. The lowest BCUT2D eigenvalue weighted by atomic mass is 10.0. The van der Waals surface area contributed by atoms with Gasteiger partial charge in [-0.1, -0.05) is 37.1 Å². The molecule has 0 aliphatic carbocycles. The Kier molecular flexibility index (Phi) is 7.25. The number of fused-ring (bicyclic) bond motifs is 1. The number of rotatable bonds is 9. The molecule has 160 valence electrons. The van der Waals surface area contributed by atoms with Gasteiger partial charge in [-0.3, -0.25) is 9.69 Å². The Bertz CT molecular complexity index is 816. The molecule has 2 heterocycles. The maximum Gasteiger partial charge on any atom is 0.224 e. The van der Waals surface area contributed by atoms with Gasteiger partial charge in [0, 0.05) is 50.0 Å². The minimum Gasteiger partial charge on any atom is -0.494 e. The van der Waals surface area contributed by atoms with Crippen LogP contribution in [0.15, 0.2) is 48.5 Å². The number of unbranched alkanes of at least 4 members (excludes halogenated alkanes) is 3. The maximum atomic E-state index is 11.5. The average molecular weight is 408 g/mol. The number of anilines is 2. The molecular formula is C25H33N3O2. The van der Waals surface area contributed by atoms with E-state index in [1.165, 1.54) is 37.1 Å². The van der Waals surface area contributed by atoms with Gasteiger partial charge in [0.2, 0.25) is 5.91 Å². The third kappa shape index (κ3) is 5.76. The van der Waals surface area contributed by atoms with Crippen LogP contribution in [0.3, 0.4) is 0 Å². The number of piperazine rings is 1. The molecule has 2 aliphatic rings. The van der Waals surface area contributed by atoms with Crippen molar-refractivity contribution in [2.45, 2.75) is 38.5 Å². The van der Waals surface area contributed by atoms with Gasteiger partial charge < -0.3 is 15.0 Å². The van der Waals surface area contributed by atoms with Crippen molar-refractivity contribution in [3.05, 3.63) is 54.1 Å². The molecule has 1 amide bonds. The summed E-state index contributed by atoms with van der Waals surface area (Å²) >= 11 is 0. The highest BCUT2D eigenvalue weighted by Crippen LogP contribution is 2.27. The normalized spacial score (nSPS) is 16.8. The van der Waals surface area contributed by atoms with Crippen molar-refractivity contribution >= 4 is 17.3 Å². The predicted molar refractivity (Wildman–Crippen MR) is 122 cm³/mol. The van der Waals surface area contributed by atoms with Crippen molar-refractivity contribution in [1.82, 2.24) is 4.90 Å². The van der Waals surface area contributed by atoms with Gasteiger partial charge >= 0.3 is 0 Å². The summed E-state index contributed by atoms with van der Waals surface area (Å²) in [5.41, 5.74) is 3.46. The Morgan fingerprint density at radius 2 is 1.67 bits per heavy atom. The van der Waals surface area contributed by atoms with E-state index in [2.05, 4.69) is 51.5 Å². The zero-order chi connectivity index (χ0) is 20.6. The Morgan fingerprint density at radius 3 is 2.50 bits per heavy atom. The number of para-hydroxylation sites is 1. The van der Waals surface area contributed by atoms with Crippen molar-refractivity contribution in [3.63, 3.8) is 0 Å². The summed E-state index contributed by atoms with van der Waals surface area (Å²) < 4.78 is 5.89. The quantitative estimate of drug-likeness (QED) is 0.629. The fraction of sp³-hybridized carbons (Fsp3) is 0.480. The second-order valence-corrected chi connectivity index (χ2v) is 8.29. The van der Waals surface area contributed by atoms with E-state index >= 15 is 0 Å². The zero-order valence-electron chi connectivity index (χ0n) is 17.8. The van der Waals surface area contributed by atoms with E-state index in [9.17, 15) is 4.79 Å². The van der Waals surface area contributed by atoms with Crippen LogP contribution in [-0.4, -0.2) is 50.1 Å². The van der Waals surface area contributed by atoms with Crippen LogP contribution in [0.2, 0.25) is 0 Å². The fourth-order valence-corrected chi connectivity index (χ4v) is 4.29. The minimum atomic E-state index is 0.0983. The van der Waals surface area contributed by atoms with Crippen LogP contribution in [0.5, 0.6) is 5.75 Å². The minimum absolute atomic E-state index is 0.0983. The number of hydrogen-bond acceptors (Lipinski definition) is 4. The molecule has 0 radical (unpaired) electrons. The van der Waals surface area contributed by atoms with Gasteiger partial charge in [0.1, 0.15) is 5.75 Å². The standard InChI is InChI=1S/C25H33N3O2/c29-25-13-11-21-10-12-23(20-24(21)26-25)30-19-7-2-1-6-14-27-15-17-28(18-16-27)22-8-4-3-5-9-22/h3-5,8-10,12,20H,1-2,6-7,11,13-19H2,(H,26,29). The highest BCUT2D eigenvalue weighted by Gasteiger charge is 2.17. The molecule has 2 aliphatic heterocycles. The molecule has 30 heavy (non-hydrogen) atoms. The van der Waals surface area contributed by atoms with Gasteiger partial charge in [0.05, 0.1) is 6.61 Å². The average Bonchev–Trinajstić information content (AvgIpc) is 2.79. The lowest BCUT2D eigenvalue weighted by Gasteiger charge is -2.36. The monoisotopic (exact) mass is 407 g/mol. The summed E-state index contributed by atoms with van der Waals surface area (Å²) in [6.45, 7) is 6.51. The molecule has 5 heteroatoms. The summed E-state index contributed by atoms with van der Waals surface area (Å²) in [6, 6.07) is 16.8. The van der Waals surface area contributed by atoms with E-state index < -0.39 is 0 Å². The van der Waals surface area contributed by atoms with E-state index in [1.54, 1.807) is 0 Å². The van der Waals surface area contributed by atoms with Gasteiger partial charge in [0.25, 0.3) is 0 Å². The van der Waals surface area contributed by atoms with Crippen molar-refractivity contribution < 1.29 is 9.53 Å². The molecule has 0 unspecified atom stereocenters. The highest BCUT2D eigenvalue weighted by molar-refractivity contribution is 5.94. The van der Waals surface area contributed by atoms with E-state index in [0.717, 1.165) is 57.1 Å².